The Hall–Kier alpha value is -1.55. The lowest BCUT2D eigenvalue weighted by Crippen LogP contribution is -2.31. The Morgan fingerprint density at radius 1 is 1.32 bits per heavy atom. The minimum Gasteiger partial charge on any atom is -0.496 e. The molecule has 1 aromatic heterocycles. The van der Waals surface area contributed by atoms with E-state index in [2.05, 4.69) is 19.1 Å². The zero-order chi connectivity index (χ0) is 15.7. The molecule has 0 radical (unpaired) electrons. The highest BCUT2D eigenvalue weighted by Gasteiger charge is 2.38. The molecule has 0 spiro atoms. The monoisotopic (exact) mass is 304 g/mol. The number of fused-ring (bicyclic) bond motifs is 1. The Labute approximate surface area is 130 Å². The number of hydrogen-bond acceptors (Lipinski definition) is 4. The van der Waals surface area contributed by atoms with Crippen molar-refractivity contribution in [2.75, 3.05) is 7.11 Å². The lowest BCUT2D eigenvalue weighted by Gasteiger charge is -2.40. The van der Waals surface area contributed by atoms with Gasteiger partial charge in [0.1, 0.15) is 17.1 Å². The molecule has 0 amide bonds. The van der Waals surface area contributed by atoms with Crippen molar-refractivity contribution < 1.29 is 14.3 Å². The van der Waals surface area contributed by atoms with E-state index in [4.69, 9.17) is 9.15 Å². The molecule has 22 heavy (non-hydrogen) atoms. The Morgan fingerprint density at radius 3 is 2.82 bits per heavy atom. The van der Waals surface area contributed by atoms with E-state index in [1.807, 2.05) is 0 Å². The molecule has 120 valence electrons. The second-order valence-electron chi connectivity index (χ2n) is 6.52. The van der Waals surface area contributed by atoms with Crippen LogP contribution in [-0.2, 0) is 6.61 Å². The first kappa shape index (κ1) is 15.3. The van der Waals surface area contributed by atoms with E-state index in [0.717, 1.165) is 0 Å². The van der Waals surface area contributed by atoms with Gasteiger partial charge in [0.2, 0.25) is 0 Å². The third-order valence-corrected chi connectivity index (χ3v) is 5.30. The summed E-state index contributed by atoms with van der Waals surface area (Å²) in [4.78, 5) is 12.1. The van der Waals surface area contributed by atoms with Gasteiger partial charge in [-0.1, -0.05) is 31.9 Å². The van der Waals surface area contributed by atoms with Crippen LogP contribution in [0.3, 0.4) is 0 Å². The first-order valence-corrected chi connectivity index (χ1v) is 8.15. The summed E-state index contributed by atoms with van der Waals surface area (Å²) in [7, 11) is 1.52. The highest BCUT2D eigenvalue weighted by Crippen LogP contribution is 2.48. The van der Waals surface area contributed by atoms with E-state index >= 15 is 0 Å². The maximum Gasteiger partial charge on any atom is 0.345 e. The molecule has 1 unspecified atom stereocenters. The van der Waals surface area contributed by atoms with Crippen LogP contribution in [0.15, 0.2) is 27.4 Å². The molecule has 2 aliphatic carbocycles. The fourth-order valence-corrected chi connectivity index (χ4v) is 4.17. The Bertz CT molecular complexity index is 616. The lowest BCUT2D eigenvalue weighted by molar-refractivity contribution is 0.177. The molecule has 1 N–H and O–H groups in total. The second-order valence-corrected chi connectivity index (χ2v) is 6.52. The molecule has 3 rings (SSSR count). The van der Waals surface area contributed by atoms with Crippen molar-refractivity contribution in [2.24, 2.45) is 17.8 Å². The van der Waals surface area contributed by atoms with Crippen molar-refractivity contribution in [1.29, 1.82) is 0 Å². The number of ether oxygens (including phenoxy) is 1. The van der Waals surface area contributed by atoms with Crippen LogP contribution in [0.5, 0.6) is 5.75 Å². The second kappa shape index (κ2) is 6.29. The average Bonchev–Trinajstić information content (AvgIpc) is 2.53. The van der Waals surface area contributed by atoms with Crippen LogP contribution in [0.2, 0.25) is 0 Å². The molecule has 1 heterocycles. The van der Waals surface area contributed by atoms with Crippen molar-refractivity contribution in [2.45, 2.75) is 45.1 Å². The van der Waals surface area contributed by atoms with Crippen molar-refractivity contribution in [3.63, 3.8) is 0 Å². The smallest absolute Gasteiger partial charge is 0.345 e. The molecular weight excluding hydrogens is 280 g/mol. The molecule has 1 aromatic rings. The Balaban J connectivity index is 2.03. The van der Waals surface area contributed by atoms with E-state index in [1.165, 1.54) is 32.8 Å². The molecule has 1 fully saturated rings. The molecule has 0 saturated heterocycles. The van der Waals surface area contributed by atoms with Crippen LogP contribution in [0.4, 0.5) is 0 Å². The minimum absolute atomic E-state index is 0.199. The molecule has 1 saturated carbocycles. The van der Waals surface area contributed by atoms with Gasteiger partial charge in [-0.2, -0.15) is 0 Å². The fraction of sp³-hybridized carbons (Fsp3) is 0.611. The zero-order valence-corrected chi connectivity index (χ0v) is 13.2. The molecule has 0 aromatic carbocycles. The van der Waals surface area contributed by atoms with Crippen molar-refractivity contribution in [1.82, 2.24) is 0 Å². The van der Waals surface area contributed by atoms with Crippen LogP contribution in [0, 0.1) is 17.8 Å². The van der Waals surface area contributed by atoms with Gasteiger partial charge in [-0.05, 0) is 30.6 Å². The van der Waals surface area contributed by atoms with Crippen LogP contribution in [-0.4, -0.2) is 12.2 Å². The average molecular weight is 304 g/mol. The van der Waals surface area contributed by atoms with Gasteiger partial charge >= 0.3 is 5.63 Å². The summed E-state index contributed by atoms with van der Waals surface area (Å²) in [5.74, 6) is 2.80. The minimum atomic E-state index is -0.481. The third kappa shape index (κ3) is 2.60. The summed E-state index contributed by atoms with van der Waals surface area (Å²) in [6.45, 7) is 1.82. The first-order valence-electron chi connectivity index (χ1n) is 8.15. The number of aliphatic hydroxyl groups is 1. The summed E-state index contributed by atoms with van der Waals surface area (Å²) in [6.07, 6.45) is 9.53. The number of aliphatic hydroxyl groups excluding tert-OH is 1. The van der Waals surface area contributed by atoms with E-state index < -0.39 is 5.63 Å². The first-order chi connectivity index (χ1) is 10.7. The SMILES string of the molecule is COc1cc([C@H]2C3CCCC[C@@H]3C=C[C@@H]2C)oc(=O)c1CO. The molecule has 4 heteroatoms. The van der Waals surface area contributed by atoms with Gasteiger partial charge < -0.3 is 14.3 Å². The zero-order valence-electron chi connectivity index (χ0n) is 13.2. The van der Waals surface area contributed by atoms with Crippen LogP contribution >= 0.6 is 0 Å². The van der Waals surface area contributed by atoms with E-state index in [1.54, 1.807) is 6.07 Å². The van der Waals surface area contributed by atoms with Gasteiger partial charge in [0.15, 0.2) is 0 Å². The standard InChI is InChI=1S/C18H24O4/c1-11-7-8-12-5-3-4-6-13(12)17(11)16-9-15(21-2)14(10-19)18(20)22-16/h7-9,11-13,17,19H,3-6,10H2,1-2H3/t11-,12+,13?,17+/m0/s1. The topological polar surface area (TPSA) is 59.7 Å². The van der Waals surface area contributed by atoms with Crippen LogP contribution < -0.4 is 10.4 Å². The molecule has 4 nitrogen and oxygen atoms in total. The predicted octanol–water partition coefficient (Wildman–Crippen LogP) is 3.24. The number of rotatable bonds is 3. The number of methoxy groups -OCH3 is 1. The van der Waals surface area contributed by atoms with E-state index in [9.17, 15) is 9.90 Å². The maximum atomic E-state index is 12.1. The maximum absolute atomic E-state index is 12.1. The summed E-state index contributed by atoms with van der Waals surface area (Å²) in [6, 6.07) is 1.80. The number of allylic oxidation sites excluding steroid dienone is 2. The highest BCUT2D eigenvalue weighted by molar-refractivity contribution is 5.33. The largest absolute Gasteiger partial charge is 0.496 e. The van der Waals surface area contributed by atoms with Crippen LogP contribution in [0.25, 0.3) is 0 Å². The van der Waals surface area contributed by atoms with Crippen molar-refractivity contribution >= 4 is 0 Å². The molecule has 0 aliphatic heterocycles. The molecular formula is C18H24O4. The van der Waals surface area contributed by atoms with Gasteiger partial charge in [0.05, 0.1) is 13.7 Å². The van der Waals surface area contributed by atoms with Crippen molar-refractivity contribution in [3.05, 3.63) is 40.0 Å². The van der Waals surface area contributed by atoms with E-state index in [-0.39, 0.29) is 18.1 Å². The Kier molecular flexibility index (Phi) is 4.39. The van der Waals surface area contributed by atoms with Gasteiger partial charge in [-0.3, -0.25) is 0 Å². The highest BCUT2D eigenvalue weighted by atomic mass is 16.5. The quantitative estimate of drug-likeness (QED) is 0.871. The predicted molar refractivity (Wildman–Crippen MR) is 83.9 cm³/mol. The molecule has 2 aliphatic rings. The summed E-state index contributed by atoms with van der Waals surface area (Å²) in [5, 5.41) is 9.32. The molecule has 0 bridgehead atoms. The third-order valence-electron chi connectivity index (χ3n) is 5.30. The normalized spacial score (nSPS) is 30.9. The summed E-state index contributed by atoms with van der Waals surface area (Å²) < 4.78 is 10.9. The van der Waals surface area contributed by atoms with Gasteiger partial charge in [-0.25, -0.2) is 4.79 Å². The van der Waals surface area contributed by atoms with Crippen molar-refractivity contribution in [3.8, 4) is 5.75 Å². The summed E-state index contributed by atoms with van der Waals surface area (Å²) in [5.41, 5.74) is -0.281. The fourth-order valence-electron chi connectivity index (χ4n) is 4.17. The van der Waals surface area contributed by atoms with Crippen LogP contribution in [0.1, 0.15) is 49.8 Å². The lowest BCUT2D eigenvalue weighted by atomic mass is 9.64. The van der Waals surface area contributed by atoms with Gasteiger partial charge in [0, 0.05) is 12.0 Å². The Morgan fingerprint density at radius 2 is 2.09 bits per heavy atom. The van der Waals surface area contributed by atoms with Gasteiger partial charge in [-0.15, -0.1) is 0 Å². The van der Waals surface area contributed by atoms with E-state index in [0.29, 0.717) is 29.3 Å². The molecule has 4 atom stereocenters. The number of hydrogen-bond donors (Lipinski definition) is 1. The summed E-state index contributed by atoms with van der Waals surface area (Å²) >= 11 is 0. The van der Waals surface area contributed by atoms with Gasteiger partial charge in [0.25, 0.3) is 0 Å².